The van der Waals surface area contributed by atoms with Gasteiger partial charge in [-0.1, -0.05) is 25.4 Å². The minimum Gasteiger partial charge on any atom is -0.481 e. The van der Waals surface area contributed by atoms with Crippen LogP contribution in [-0.2, 0) is 4.79 Å². The second-order valence-corrected chi connectivity index (χ2v) is 6.58. The van der Waals surface area contributed by atoms with Crippen molar-refractivity contribution in [2.45, 2.75) is 39.7 Å². The first kappa shape index (κ1) is 17.5. The van der Waals surface area contributed by atoms with Crippen molar-refractivity contribution >= 4 is 28.4 Å². The number of halogens is 1. The lowest BCUT2D eigenvalue weighted by atomic mass is 10.0. The van der Waals surface area contributed by atoms with Crippen molar-refractivity contribution in [2.75, 3.05) is 6.61 Å². The van der Waals surface area contributed by atoms with E-state index in [9.17, 15) is 4.79 Å². The number of fused-ring (bicyclic) bond motifs is 1. The number of nitrogens with one attached hydrogen (secondary N) is 1. The Hall–Kier alpha value is -1.81. The summed E-state index contributed by atoms with van der Waals surface area (Å²) in [5.41, 5.74) is 0.667. The molecule has 0 aliphatic carbocycles. The molecule has 0 aliphatic rings. The van der Waals surface area contributed by atoms with E-state index in [1.165, 1.54) is 0 Å². The smallest absolute Gasteiger partial charge is 0.258 e. The Morgan fingerprint density at radius 1 is 1.26 bits per heavy atom. The van der Waals surface area contributed by atoms with Crippen molar-refractivity contribution in [1.82, 2.24) is 10.3 Å². The van der Waals surface area contributed by atoms with Crippen LogP contribution in [-0.4, -0.2) is 23.5 Å². The molecule has 1 aromatic carbocycles. The van der Waals surface area contributed by atoms with Gasteiger partial charge in [0.05, 0.1) is 5.02 Å². The molecule has 0 bridgehead atoms. The number of hydrogen-bond donors (Lipinski definition) is 1. The third-order valence-electron chi connectivity index (χ3n) is 3.62. The summed E-state index contributed by atoms with van der Waals surface area (Å²) in [6.45, 7) is 6.34. The molecule has 124 valence electrons. The number of carbonyl (C=O) groups excluding carboxylic acids is 1. The average molecular weight is 335 g/mol. The minimum atomic E-state index is -0.125. The minimum absolute atomic E-state index is 0.0284. The van der Waals surface area contributed by atoms with Crippen molar-refractivity contribution in [3.63, 3.8) is 0 Å². The zero-order chi connectivity index (χ0) is 16.8. The highest BCUT2D eigenvalue weighted by Gasteiger charge is 2.11. The van der Waals surface area contributed by atoms with E-state index in [-0.39, 0.29) is 18.6 Å². The van der Waals surface area contributed by atoms with E-state index in [0.29, 0.717) is 22.2 Å². The summed E-state index contributed by atoms with van der Waals surface area (Å²) in [4.78, 5) is 16.3. The van der Waals surface area contributed by atoms with Crippen molar-refractivity contribution < 1.29 is 9.53 Å². The van der Waals surface area contributed by atoms with Gasteiger partial charge < -0.3 is 10.1 Å². The molecule has 0 unspecified atom stereocenters. The summed E-state index contributed by atoms with van der Waals surface area (Å²) in [5.74, 6) is 1.08. The summed E-state index contributed by atoms with van der Waals surface area (Å²) in [5, 5.41) is 4.39. The van der Waals surface area contributed by atoms with Crippen LogP contribution in [0.2, 0.25) is 5.02 Å². The van der Waals surface area contributed by atoms with E-state index >= 15 is 0 Å². The standard InChI is InChI=1S/C18H23ClN2O2/c1-12(2)6-7-13(3)21-17(22)11-23-16-9-8-15(19)14-5-4-10-20-18(14)16/h4-5,8-10,12-13H,6-7,11H2,1-3H3,(H,21,22)/t13-/m0/s1. The Morgan fingerprint density at radius 2 is 2.04 bits per heavy atom. The molecule has 0 fully saturated rings. The molecular weight excluding hydrogens is 312 g/mol. The molecule has 1 heterocycles. The van der Waals surface area contributed by atoms with Gasteiger partial charge in [-0.3, -0.25) is 9.78 Å². The van der Waals surface area contributed by atoms with Crippen molar-refractivity contribution in [3.05, 3.63) is 35.5 Å². The van der Waals surface area contributed by atoms with E-state index in [0.717, 1.165) is 18.2 Å². The van der Waals surface area contributed by atoms with Gasteiger partial charge in [0.15, 0.2) is 6.61 Å². The molecule has 1 atom stereocenters. The number of pyridine rings is 1. The zero-order valence-electron chi connectivity index (χ0n) is 13.8. The van der Waals surface area contributed by atoms with Crippen LogP contribution in [0.3, 0.4) is 0 Å². The Kier molecular flexibility index (Phi) is 6.22. The monoisotopic (exact) mass is 334 g/mol. The van der Waals surface area contributed by atoms with Gasteiger partial charge in [-0.15, -0.1) is 0 Å². The molecule has 1 aromatic heterocycles. The van der Waals surface area contributed by atoms with Crippen LogP contribution in [0.25, 0.3) is 10.9 Å². The molecule has 4 nitrogen and oxygen atoms in total. The predicted octanol–water partition coefficient (Wildman–Crippen LogP) is 4.21. The van der Waals surface area contributed by atoms with Crippen molar-refractivity contribution in [2.24, 2.45) is 5.92 Å². The second-order valence-electron chi connectivity index (χ2n) is 6.17. The molecular formula is C18H23ClN2O2. The maximum Gasteiger partial charge on any atom is 0.258 e. The summed E-state index contributed by atoms with van der Waals surface area (Å²) in [6.07, 6.45) is 3.74. The highest BCUT2D eigenvalue weighted by Crippen LogP contribution is 2.29. The Balaban J connectivity index is 1.93. The molecule has 0 radical (unpaired) electrons. The van der Waals surface area contributed by atoms with Gasteiger partial charge in [-0.2, -0.15) is 0 Å². The summed E-state index contributed by atoms with van der Waals surface area (Å²) in [6, 6.07) is 7.35. The van der Waals surface area contributed by atoms with Gasteiger partial charge >= 0.3 is 0 Å². The maximum absolute atomic E-state index is 12.0. The van der Waals surface area contributed by atoms with E-state index < -0.39 is 0 Å². The zero-order valence-corrected chi connectivity index (χ0v) is 14.6. The first-order valence-electron chi connectivity index (χ1n) is 7.92. The Labute approximate surface area is 142 Å². The molecule has 0 spiro atoms. The van der Waals surface area contributed by atoms with Gasteiger partial charge in [-0.05, 0) is 49.9 Å². The molecule has 23 heavy (non-hydrogen) atoms. The number of amides is 1. The number of nitrogens with zero attached hydrogens (tertiary/aromatic N) is 1. The molecule has 5 heteroatoms. The molecule has 2 aromatic rings. The van der Waals surface area contributed by atoms with Crippen LogP contribution < -0.4 is 10.1 Å². The van der Waals surface area contributed by atoms with E-state index in [4.69, 9.17) is 16.3 Å². The van der Waals surface area contributed by atoms with Gasteiger partial charge in [0.25, 0.3) is 5.91 Å². The summed E-state index contributed by atoms with van der Waals surface area (Å²) in [7, 11) is 0. The number of benzene rings is 1. The molecule has 2 rings (SSSR count). The first-order chi connectivity index (χ1) is 11.0. The van der Waals surface area contributed by atoms with Gasteiger partial charge in [0.1, 0.15) is 11.3 Å². The van der Waals surface area contributed by atoms with Gasteiger partial charge in [0, 0.05) is 17.6 Å². The fourth-order valence-electron chi connectivity index (χ4n) is 2.34. The van der Waals surface area contributed by atoms with Gasteiger partial charge in [0.2, 0.25) is 0 Å². The quantitative estimate of drug-likeness (QED) is 0.825. The second kappa shape index (κ2) is 8.16. The van der Waals surface area contributed by atoms with Crippen LogP contribution in [0.5, 0.6) is 5.75 Å². The van der Waals surface area contributed by atoms with E-state index in [2.05, 4.69) is 24.1 Å². The van der Waals surface area contributed by atoms with Crippen molar-refractivity contribution in [3.8, 4) is 5.75 Å². The first-order valence-corrected chi connectivity index (χ1v) is 8.30. The Morgan fingerprint density at radius 3 is 2.78 bits per heavy atom. The van der Waals surface area contributed by atoms with Crippen LogP contribution in [0.1, 0.15) is 33.6 Å². The summed E-state index contributed by atoms with van der Waals surface area (Å²) < 4.78 is 5.63. The van der Waals surface area contributed by atoms with E-state index in [1.807, 2.05) is 19.1 Å². The van der Waals surface area contributed by atoms with Crippen LogP contribution >= 0.6 is 11.6 Å². The predicted molar refractivity (Wildman–Crippen MR) is 93.9 cm³/mol. The lowest BCUT2D eigenvalue weighted by Crippen LogP contribution is -2.36. The molecule has 1 N–H and O–H groups in total. The fraction of sp³-hybridized carbons (Fsp3) is 0.444. The highest BCUT2D eigenvalue weighted by atomic mass is 35.5. The average Bonchev–Trinajstić information content (AvgIpc) is 2.52. The topological polar surface area (TPSA) is 51.2 Å². The molecule has 0 aliphatic heterocycles. The lowest BCUT2D eigenvalue weighted by Gasteiger charge is -2.15. The number of hydrogen-bond acceptors (Lipinski definition) is 3. The normalized spacial score (nSPS) is 12.4. The highest BCUT2D eigenvalue weighted by molar-refractivity contribution is 6.35. The van der Waals surface area contributed by atoms with Gasteiger partial charge in [-0.25, -0.2) is 0 Å². The number of rotatable bonds is 7. The third kappa shape index (κ3) is 5.10. The maximum atomic E-state index is 12.0. The lowest BCUT2D eigenvalue weighted by molar-refractivity contribution is -0.123. The summed E-state index contributed by atoms with van der Waals surface area (Å²) >= 11 is 6.15. The molecule has 0 saturated heterocycles. The fourth-order valence-corrected chi connectivity index (χ4v) is 2.56. The third-order valence-corrected chi connectivity index (χ3v) is 3.95. The van der Waals surface area contributed by atoms with E-state index in [1.54, 1.807) is 18.3 Å². The number of aromatic nitrogens is 1. The Bertz CT molecular complexity index is 673. The van der Waals surface area contributed by atoms with Crippen LogP contribution in [0.15, 0.2) is 30.5 Å². The molecule has 1 amide bonds. The largest absolute Gasteiger partial charge is 0.481 e. The molecule has 0 saturated carbocycles. The SMILES string of the molecule is CC(C)CC[C@H](C)NC(=O)COc1ccc(Cl)c2cccnc12. The number of carbonyl (C=O) groups is 1. The number of ether oxygens (including phenoxy) is 1. The van der Waals surface area contributed by atoms with Crippen molar-refractivity contribution in [1.29, 1.82) is 0 Å². The van der Waals surface area contributed by atoms with Crippen LogP contribution in [0.4, 0.5) is 0 Å². The van der Waals surface area contributed by atoms with Crippen LogP contribution in [0, 0.1) is 5.92 Å².